The van der Waals surface area contributed by atoms with E-state index in [2.05, 4.69) is 15.3 Å². The lowest BCUT2D eigenvalue weighted by Gasteiger charge is -2.11. The zero-order valence-electron chi connectivity index (χ0n) is 16.0. The third-order valence-electron chi connectivity index (χ3n) is 5.03. The highest BCUT2D eigenvalue weighted by Gasteiger charge is 2.24. The molecule has 1 aliphatic carbocycles. The summed E-state index contributed by atoms with van der Waals surface area (Å²) in [7, 11) is 0. The molecule has 2 aromatic carbocycles. The van der Waals surface area contributed by atoms with Gasteiger partial charge in [-0.25, -0.2) is 4.98 Å². The Balaban J connectivity index is 1.62. The van der Waals surface area contributed by atoms with Crippen LogP contribution in [0.25, 0.3) is 22.2 Å². The molecule has 29 heavy (non-hydrogen) atoms. The minimum Gasteiger partial charge on any atom is -0.587 e. The number of hydrogen-bond acceptors (Lipinski definition) is 5. The van der Waals surface area contributed by atoms with Crippen LogP contribution >= 0.6 is 0 Å². The predicted octanol–water partition coefficient (Wildman–Crippen LogP) is 4.13. The van der Waals surface area contributed by atoms with Gasteiger partial charge in [0.1, 0.15) is 17.2 Å². The number of benzene rings is 2. The molecule has 0 amide bonds. The van der Waals surface area contributed by atoms with Gasteiger partial charge in [0.25, 0.3) is 0 Å². The van der Waals surface area contributed by atoms with Crippen molar-refractivity contribution in [1.82, 2.24) is 13.9 Å². The number of aryl methyl sites for hydroxylation is 1. The zero-order chi connectivity index (χ0) is 20.0. The molecular weight excluding hydrogens is 382 g/mol. The van der Waals surface area contributed by atoms with Gasteiger partial charge in [-0.2, -0.15) is 8.96 Å². The summed E-state index contributed by atoms with van der Waals surface area (Å²) in [6, 6.07) is 18.0. The van der Waals surface area contributed by atoms with Crippen molar-refractivity contribution in [3.63, 3.8) is 0 Å². The van der Waals surface area contributed by atoms with Crippen molar-refractivity contribution >= 4 is 34.0 Å². The van der Waals surface area contributed by atoms with Gasteiger partial charge in [-0.05, 0) is 38.0 Å². The predicted molar refractivity (Wildman–Crippen MR) is 117 cm³/mol. The van der Waals surface area contributed by atoms with E-state index >= 15 is 0 Å². The number of para-hydroxylation sites is 1. The Bertz CT molecular complexity index is 1180. The fourth-order valence-corrected chi connectivity index (χ4v) is 4.51. The highest BCUT2D eigenvalue weighted by molar-refractivity contribution is 7.90. The Hall–Kier alpha value is -3.03. The molecule has 0 saturated heterocycles. The van der Waals surface area contributed by atoms with Crippen molar-refractivity contribution in [3.05, 3.63) is 66.4 Å². The van der Waals surface area contributed by atoms with Gasteiger partial charge in [0.05, 0.1) is 17.4 Å². The van der Waals surface area contributed by atoms with Crippen LogP contribution in [0, 0.1) is 6.92 Å². The molecule has 0 spiro atoms. The molecule has 1 fully saturated rings. The molecule has 3 N–H and O–H groups in total. The standard InChI is InChI=1S/C22H21N5OS/c1-14-6-10-16(11-7-14)29(28)27-13-18(17-4-2-3-5-20(17)27)19-12-21(24-15-8-9-15)26-22(23)25-19/h2-7,10-13,15H,8-9H2,1H3,(H3,23,24,25,26). The van der Waals surface area contributed by atoms with Gasteiger partial charge in [0, 0.05) is 23.1 Å². The van der Waals surface area contributed by atoms with Crippen LogP contribution in [0.5, 0.6) is 0 Å². The van der Waals surface area contributed by atoms with Crippen LogP contribution < -0.4 is 11.1 Å². The molecule has 6 nitrogen and oxygen atoms in total. The minimum absolute atomic E-state index is 0.224. The molecule has 4 aromatic rings. The number of rotatable bonds is 5. The van der Waals surface area contributed by atoms with Crippen LogP contribution in [0.15, 0.2) is 65.7 Å². The smallest absolute Gasteiger partial charge is 0.222 e. The molecule has 1 aliphatic rings. The maximum atomic E-state index is 13.3. The number of nitrogen functional groups attached to an aromatic ring is 1. The Morgan fingerprint density at radius 2 is 1.86 bits per heavy atom. The molecule has 5 rings (SSSR count). The topological polar surface area (TPSA) is 91.8 Å². The SMILES string of the molecule is Cc1ccc([S+]([O-])n2cc(-c3cc(NC4CC4)nc(N)n3)c3ccccc32)cc1. The summed E-state index contributed by atoms with van der Waals surface area (Å²) in [6.07, 6.45) is 4.19. The second-order valence-corrected chi connectivity index (χ2v) is 8.73. The average Bonchev–Trinajstić information content (AvgIpc) is 3.44. The van der Waals surface area contributed by atoms with Gasteiger partial charge in [0.15, 0.2) is 4.90 Å². The van der Waals surface area contributed by atoms with E-state index in [4.69, 9.17) is 5.73 Å². The van der Waals surface area contributed by atoms with E-state index in [-0.39, 0.29) is 5.95 Å². The zero-order valence-corrected chi connectivity index (χ0v) is 16.8. The average molecular weight is 404 g/mol. The molecule has 1 atom stereocenters. The largest absolute Gasteiger partial charge is 0.587 e. The second-order valence-electron chi connectivity index (χ2n) is 7.36. The number of nitrogens with two attached hydrogens (primary N) is 1. The van der Waals surface area contributed by atoms with E-state index in [1.165, 1.54) is 0 Å². The Kier molecular flexibility index (Phi) is 4.41. The van der Waals surface area contributed by atoms with E-state index in [9.17, 15) is 4.55 Å². The summed E-state index contributed by atoms with van der Waals surface area (Å²) in [4.78, 5) is 9.51. The molecule has 0 bridgehead atoms. The van der Waals surface area contributed by atoms with Gasteiger partial charge in [-0.15, -0.1) is 0 Å². The van der Waals surface area contributed by atoms with E-state index in [1.807, 2.05) is 67.7 Å². The first-order valence-electron chi connectivity index (χ1n) is 9.59. The van der Waals surface area contributed by atoms with Crippen molar-refractivity contribution in [3.8, 4) is 11.3 Å². The van der Waals surface area contributed by atoms with Crippen LogP contribution in [0.2, 0.25) is 0 Å². The van der Waals surface area contributed by atoms with Gasteiger partial charge >= 0.3 is 0 Å². The first kappa shape index (κ1) is 18.0. The summed E-state index contributed by atoms with van der Waals surface area (Å²) in [5, 5.41) is 4.35. The van der Waals surface area contributed by atoms with Gasteiger partial charge in [-0.1, -0.05) is 35.9 Å². The highest BCUT2D eigenvalue weighted by Crippen LogP contribution is 2.34. The van der Waals surface area contributed by atoms with Crippen molar-refractivity contribution < 1.29 is 4.55 Å². The minimum atomic E-state index is -1.37. The Labute approximate surface area is 172 Å². The first-order valence-corrected chi connectivity index (χ1v) is 10.7. The van der Waals surface area contributed by atoms with Crippen LogP contribution in [-0.2, 0) is 11.4 Å². The number of aromatic nitrogens is 3. The third-order valence-corrected chi connectivity index (χ3v) is 6.36. The summed E-state index contributed by atoms with van der Waals surface area (Å²) >= 11 is -1.37. The van der Waals surface area contributed by atoms with Crippen molar-refractivity contribution in [2.45, 2.75) is 30.7 Å². The number of nitrogens with zero attached hydrogens (tertiary/aromatic N) is 3. The van der Waals surface area contributed by atoms with Crippen LogP contribution in [-0.4, -0.2) is 24.5 Å². The van der Waals surface area contributed by atoms with Crippen LogP contribution in [0.4, 0.5) is 11.8 Å². The van der Waals surface area contributed by atoms with Crippen molar-refractivity contribution in [1.29, 1.82) is 0 Å². The number of nitrogens with one attached hydrogen (secondary N) is 1. The van der Waals surface area contributed by atoms with Gasteiger partial charge in [-0.3, -0.25) is 0 Å². The lowest BCUT2D eigenvalue weighted by molar-refractivity contribution is 0.588. The normalized spacial score (nSPS) is 14.8. The van der Waals surface area contributed by atoms with Crippen LogP contribution in [0.1, 0.15) is 18.4 Å². The molecule has 7 heteroatoms. The Morgan fingerprint density at radius 3 is 2.62 bits per heavy atom. The molecule has 2 aromatic heterocycles. The van der Waals surface area contributed by atoms with Gasteiger partial charge in [0.2, 0.25) is 5.95 Å². The fourth-order valence-electron chi connectivity index (χ4n) is 3.37. The maximum absolute atomic E-state index is 13.3. The van der Waals surface area contributed by atoms with Crippen molar-refractivity contribution in [2.75, 3.05) is 11.1 Å². The quantitative estimate of drug-likeness (QED) is 0.489. The summed E-state index contributed by atoms with van der Waals surface area (Å²) in [6.45, 7) is 2.02. The molecular formula is C22H21N5OS. The summed E-state index contributed by atoms with van der Waals surface area (Å²) in [5.74, 6) is 0.952. The first-order chi connectivity index (χ1) is 14.1. The monoisotopic (exact) mass is 403 g/mol. The van der Waals surface area contributed by atoms with E-state index in [0.29, 0.717) is 6.04 Å². The number of fused-ring (bicyclic) bond motifs is 1. The number of hydrogen-bond donors (Lipinski definition) is 2. The lowest BCUT2D eigenvalue weighted by Crippen LogP contribution is -2.11. The second kappa shape index (κ2) is 7.09. The van der Waals surface area contributed by atoms with Gasteiger partial charge < -0.3 is 15.6 Å². The molecule has 0 radical (unpaired) electrons. The molecule has 1 unspecified atom stereocenters. The van der Waals surface area contributed by atoms with Crippen molar-refractivity contribution in [2.24, 2.45) is 0 Å². The van der Waals surface area contributed by atoms with E-state index in [1.54, 1.807) is 3.97 Å². The molecule has 2 heterocycles. The number of anilines is 2. The lowest BCUT2D eigenvalue weighted by atomic mass is 10.1. The Morgan fingerprint density at radius 1 is 1.10 bits per heavy atom. The molecule has 0 aliphatic heterocycles. The summed E-state index contributed by atoms with van der Waals surface area (Å²) < 4.78 is 15.1. The highest BCUT2D eigenvalue weighted by atomic mass is 32.2. The molecule has 1 saturated carbocycles. The fraction of sp³-hybridized carbons (Fsp3) is 0.182. The van der Waals surface area contributed by atoms with E-state index in [0.717, 1.165) is 51.3 Å². The molecule has 146 valence electrons. The summed E-state index contributed by atoms with van der Waals surface area (Å²) in [5.41, 5.74) is 9.60. The maximum Gasteiger partial charge on any atom is 0.222 e. The van der Waals surface area contributed by atoms with E-state index < -0.39 is 11.4 Å². The van der Waals surface area contributed by atoms with Crippen LogP contribution in [0.3, 0.4) is 0 Å². The third kappa shape index (κ3) is 3.54.